The Labute approximate surface area is 111 Å². The zero-order chi connectivity index (χ0) is 13.2. The lowest BCUT2D eigenvalue weighted by molar-refractivity contribution is 0.0206. The lowest BCUT2D eigenvalue weighted by Crippen LogP contribution is -2.40. The molecule has 6 heteroatoms. The van der Waals surface area contributed by atoms with Crippen molar-refractivity contribution in [3.8, 4) is 0 Å². The van der Waals surface area contributed by atoms with E-state index in [1.807, 2.05) is 6.92 Å². The first-order valence-corrected chi connectivity index (χ1v) is 6.22. The summed E-state index contributed by atoms with van der Waals surface area (Å²) >= 11 is 5.75. The normalized spacial score (nSPS) is 23.0. The van der Waals surface area contributed by atoms with Gasteiger partial charge in [0.25, 0.3) is 5.91 Å². The topological polar surface area (TPSA) is 77.2 Å². The van der Waals surface area contributed by atoms with Crippen LogP contribution in [0.5, 0.6) is 0 Å². The summed E-state index contributed by atoms with van der Waals surface area (Å²) in [6, 6.07) is 2.99. The number of hydrogen-bond donors (Lipinski definition) is 2. The fourth-order valence-electron chi connectivity index (χ4n) is 1.99. The Morgan fingerprint density at radius 3 is 3.06 bits per heavy atom. The first-order valence-electron chi connectivity index (χ1n) is 5.84. The van der Waals surface area contributed by atoms with Crippen molar-refractivity contribution in [1.82, 2.24) is 10.3 Å². The average Bonchev–Trinajstić information content (AvgIpc) is 2.72. The van der Waals surface area contributed by atoms with E-state index in [0.717, 1.165) is 19.4 Å². The number of carbonyl (C=O) groups excluding carboxylic acids is 1. The van der Waals surface area contributed by atoms with Gasteiger partial charge in [-0.25, -0.2) is 4.98 Å². The molecule has 18 heavy (non-hydrogen) atoms. The van der Waals surface area contributed by atoms with Crippen LogP contribution in [-0.2, 0) is 4.74 Å². The van der Waals surface area contributed by atoms with Gasteiger partial charge in [0, 0.05) is 18.7 Å². The predicted octanol–water partition coefficient (Wildman–Crippen LogP) is 1.62. The first-order chi connectivity index (χ1) is 8.48. The fraction of sp³-hybridized carbons (Fsp3) is 0.500. The number of carbonyl (C=O) groups is 1. The zero-order valence-corrected chi connectivity index (χ0v) is 11.0. The van der Waals surface area contributed by atoms with Gasteiger partial charge in [-0.3, -0.25) is 4.79 Å². The van der Waals surface area contributed by atoms with Crippen LogP contribution in [0.2, 0.25) is 5.15 Å². The molecular weight excluding hydrogens is 254 g/mol. The van der Waals surface area contributed by atoms with Crippen molar-refractivity contribution >= 4 is 23.3 Å². The average molecular weight is 270 g/mol. The van der Waals surface area contributed by atoms with Crippen LogP contribution in [0.3, 0.4) is 0 Å². The molecule has 98 valence electrons. The van der Waals surface area contributed by atoms with Gasteiger partial charge in [-0.15, -0.1) is 0 Å². The Hall–Kier alpha value is -1.33. The molecule has 2 rings (SSSR count). The summed E-state index contributed by atoms with van der Waals surface area (Å²) in [6.07, 6.45) is 1.98. The van der Waals surface area contributed by atoms with E-state index in [1.54, 1.807) is 0 Å². The van der Waals surface area contributed by atoms with Crippen molar-refractivity contribution in [1.29, 1.82) is 0 Å². The minimum atomic E-state index is -0.266. The zero-order valence-electron chi connectivity index (χ0n) is 10.2. The largest absolute Gasteiger partial charge is 0.384 e. The van der Waals surface area contributed by atoms with Gasteiger partial charge in [-0.1, -0.05) is 11.6 Å². The molecule has 1 unspecified atom stereocenters. The first kappa shape index (κ1) is 13.1. The summed E-state index contributed by atoms with van der Waals surface area (Å²) in [4.78, 5) is 15.7. The fourth-order valence-corrected chi connectivity index (χ4v) is 2.21. The summed E-state index contributed by atoms with van der Waals surface area (Å²) in [6.45, 7) is 3.22. The number of hydrogen-bond acceptors (Lipinski definition) is 4. The van der Waals surface area contributed by atoms with Crippen molar-refractivity contribution in [2.75, 3.05) is 18.9 Å². The Bertz CT molecular complexity index is 438. The highest BCUT2D eigenvalue weighted by molar-refractivity contribution is 6.29. The van der Waals surface area contributed by atoms with Gasteiger partial charge in [0.15, 0.2) is 0 Å². The van der Waals surface area contributed by atoms with E-state index in [4.69, 9.17) is 22.1 Å². The molecule has 1 aliphatic rings. The summed E-state index contributed by atoms with van der Waals surface area (Å²) in [5.74, 6) is 0.0127. The lowest BCUT2D eigenvalue weighted by atomic mass is 10.0. The van der Waals surface area contributed by atoms with Crippen LogP contribution >= 0.6 is 11.6 Å². The second-order valence-corrected chi connectivity index (χ2v) is 5.08. The maximum Gasteiger partial charge on any atom is 0.251 e. The number of aromatic nitrogens is 1. The van der Waals surface area contributed by atoms with Crippen molar-refractivity contribution < 1.29 is 9.53 Å². The van der Waals surface area contributed by atoms with E-state index in [2.05, 4.69) is 10.3 Å². The van der Waals surface area contributed by atoms with Gasteiger partial charge in [-0.2, -0.15) is 0 Å². The monoisotopic (exact) mass is 269 g/mol. The summed E-state index contributed by atoms with van der Waals surface area (Å²) in [7, 11) is 0. The van der Waals surface area contributed by atoms with Gasteiger partial charge in [-0.05, 0) is 31.9 Å². The molecule has 1 atom stereocenters. The number of rotatable bonds is 3. The second kappa shape index (κ2) is 5.12. The SMILES string of the molecule is CC1(CNC(=O)c2cc(N)nc(Cl)c2)CCCO1. The van der Waals surface area contributed by atoms with Crippen LogP contribution in [0.4, 0.5) is 5.82 Å². The number of halogens is 1. The molecule has 0 aromatic carbocycles. The number of nitrogen functional groups attached to an aromatic ring is 1. The van der Waals surface area contributed by atoms with E-state index in [0.29, 0.717) is 12.1 Å². The van der Waals surface area contributed by atoms with E-state index in [-0.39, 0.29) is 22.5 Å². The van der Waals surface area contributed by atoms with Crippen molar-refractivity contribution in [2.45, 2.75) is 25.4 Å². The third-order valence-corrected chi connectivity index (χ3v) is 3.19. The Balaban J connectivity index is 1.99. The molecule has 1 amide bonds. The van der Waals surface area contributed by atoms with Crippen LogP contribution in [0, 0.1) is 0 Å². The summed E-state index contributed by atoms with van der Waals surface area (Å²) in [5.41, 5.74) is 5.69. The molecule has 3 N–H and O–H groups in total. The van der Waals surface area contributed by atoms with Gasteiger partial charge >= 0.3 is 0 Å². The molecule has 0 radical (unpaired) electrons. The van der Waals surface area contributed by atoms with E-state index < -0.39 is 0 Å². The van der Waals surface area contributed by atoms with Gasteiger partial charge in [0.2, 0.25) is 0 Å². The smallest absolute Gasteiger partial charge is 0.251 e. The highest BCUT2D eigenvalue weighted by Crippen LogP contribution is 2.24. The van der Waals surface area contributed by atoms with Crippen LogP contribution in [0.1, 0.15) is 30.1 Å². The predicted molar refractivity (Wildman–Crippen MR) is 69.6 cm³/mol. The number of nitrogens with one attached hydrogen (secondary N) is 1. The number of anilines is 1. The number of amides is 1. The third kappa shape index (κ3) is 3.11. The highest BCUT2D eigenvalue weighted by Gasteiger charge is 2.30. The second-order valence-electron chi connectivity index (χ2n) is 4.69. The molecule has 1 aromatic heterocycles. The van der Waals surface area contributed by atoms with E-state index >= 15 is 0 Å². The van der Waals surface area contributed by atoms with Crippen LogP contribution in [-0.4, -0.2) is 29.6 Å². The minimum absolute atomic E-state index is 0.212. The molecular formula is C12H16ClN3O2. The highest BCUT2D eigenvalue weighted by atomic mass is 35.5. The third-order valence-electron chi connectivity index (χ3n) is 3.00. The molecule has 1 saturated heterocycles. The van der Waals surface area contributed by atoms with Crippen LogP contribution in [0.25, 0.3) is 0 Å². The molecule has 0 spiro atoms. The molecule has 1 aromatic rings. The Morgan fingerprint density at radius 2 is 2.44 bits per heavy atom. The lowest BCUT2D eigenvalue weighted by Gasteiger charge is -2.23. The number of nitrogens with two attached hydrogens (primary N) is 1. The number of nitrogens with zero attached hydrogens (tertiary/aromatic N) is 1. The maximum absolute atomic E-state index is 11.9. The standard InChI is InChI=1S/C12H16ClN3O2/c1-12(3-2-4-18-12)7-15-11(17)8-5-9(13)16-10(14)6-8/h5-6H,2-4,7H2,1H3,(H2,14,16)(H,15,17). The molecule has 1 fully saturated rings. The molecule has 1 aliphatic heterocycles. The quantitative estimate of drug-likeness (QED) is 0.818. The number of ether oxygens (including phenoxy) is 1. The van der Waals surface area contributed by atoms with Crippen molar-refractivity contribution in [3.05, 3.63) is 22.8 Å². The Morgan fingerprint density at radius 1 is 1.67 bits per heavy atom. The molecule has 0 bridgehead atoms. The molecule has 2 heterocycles. The van der Waals surface area contributed by atoms with Crippen LogP contribution < -0.4 is 11.1 Å². The summed E-state index contributed by atoms with van der Waals surface area (Å²) < 4.78 is 5.60. The van der Waals surface area contributed by atoms with Crippen LogP contribution in [0.15, 0.2) is 12.1 Å². The van der Waals surface area contributed by atoms with Gasteiger partial charge < -0.3 is 15.8 Å². The van der Waals surface area contributed by atoms with Gasteiger partial charge in [0.05, 0.1) is 5.60 Å². The minimum Gasteiger partial charge on any atom is -0.384 e. The Kier molecular flexibility index (Phi) is 3.73. The van der Waals surface area contributed by atoms with E-state index in [9.17, 15) is 4.79 Å². The van der Waals surface area contributed by atoms with Gasteiger partial charge in [0.1, 0.15) is 11.0 Å². The van der Waals surface area contributed by atoms with Crippen molar-refractivity contribution in [2.24, 2.45) is 0 Å². The molecule has 0 saturated carbocycles. The molecule has 0 aliphatic carbocycles. The van der Waals surface area contributed by atoms with E-state index in [1.165, 1.54) is 12.1 Å². The summed E-state index contributed by atoms with van der Waals surface area (Å²) in [5, 5.41) is 3.04. The molecule has 5 nitrogen and oxygen atoms in total. The van der Waals surface area contributed by atoms with Crippen molar-refractivity contribution in [3.63, 3.8) is 0 Å². The number of pyridine rings is 1. The maximum atomic E-state index is 11.9.